The molecule has 0 saturated carbocycles. The van der Waals surface area contributed by atoms with Crippen molar-refractivity contribution in [2.24, 2.45) is 0 Å². The van der Waals surface area contributed by atoms with Gasteiger partial charge in [0.2, 0.25) is 0 Å². The Morgan fingerprint density at radius 2 is 0.906 bits per heavy atom. The van der Waals surface area contributed by atoms with Gasteiger partial charge in [0, 0.05) is 43.8 Å². The van der Waals surface area contributed by atoms with Gasteiger partial charge >= 0.3 is 0 Å². The van der Waals surface area contributed by atoms with Crippen LogP contribution < -0.4 is 9.80 Å². The zero-order valence-electron chi connectivity index (χ0n) is 16.7. The van der Waals surface area contributed by atoms with Crippen LogP contribution in [0.2, 0.25) is 0 Å². The molecule has 0 atom stereocenters. The van der Waals surface area contributed by atoms with Gasteiger partial charge in [-0.1, -0.05) is 0 Å². The van der Waals surface area contributed by atoms with Gasteiger partial charge in [0.15, 0.2) is 10.3 Å². The summed E-state index contributed by atoms with van der Waals surface area (Å²) in [6.07, 6.45) is 0. The molecule has 4 heterocycles. The van der Waals surface area contributed by atoms with Crippen molar-refractivity contribution in [3.63, 3.8) is 0 Å². The number of aryl methyl sites for hydroxylation is 2. The van der Waals surface area contributed by atoms with Crippen LogP contribution >= 0.6 is 22.7 Å². The van der Waals surface area contributed by atoms with Crippen LogP contribution in [0.25, 0.3) is 10.8 Å². The summed E-state index contributed by atoms with van der Waals surface area (Å²) in [5.74, 6) is -2.12. The number of aromatic nitrogens is 2. The maximum absolute atomic E-state index is 13.3. The maximum Gasteiger partial charge on any atom is 0.267 e. The molecule has 6 rings (SSSR count). The van der Waals surface area contributed by atoms with E-state index in [4.69, 9.17) is 0 Å². The van der Waals surface area contributed by atoms with Gasteiger partial charge in [-0.3, -0.25) is 19.2 Å². The predicted molar refractivity (Wildman–Crippen MR) is 120 cm³/mol. The highest BCUT2D eigenvalue weighted by Crippen LogP contribution is 2.40. The zero-order chi connectivity index (χ0) is 22.3. The summed E-state index contributed by atoms with van der Waals surface area (Å²) in [5, 5.41) is 4.76. The van der Waals surface area contributed by atoms with Crippen LogP contribution in [0.15, 0.2) is 35.0 Å². The fraction of sp³-hybridized carbons (Fsp3) is 0.0909. The largest absolute Gasteiger partial charge is 0.268 e. The summed E-state index contributed by atoms with van der Waals surface area (Å²) in [6, 6.07) is 6.14. The molecular formula is C22H12N4O4S2. The van der Waals surface area contributed by atoms with Crippen molar-refractivity contribution in [1.29, 1.82) is 0 Å². The summed E-state index contributed by atoms with van der Waals surface area (Å²) in [7, 11) is 0. The van der Waals surface area contributed by atoms with E-state index in [2.05, 4.69) is 9.97 Å². The van der Waals surface area contributed by atoms with Gasteiger partial charge in [-0.15, -0.1) is 22.7 Å². The minimum Gasteiger partial charge on any atom is -0.268 e. The molecule has 0 fully saturated rings. The van der Waals surface area contributed by atoms with Crippen molar-refractivity contribution in [2.45, 2.75) is 13.8 Å². The third-order valence-corrected chi connectivity index (χ3v) is 7.38. The smallest absolute Gasteiger partial charge is 0.267 e. The first-order chi connectivity index (χ1) is 15.4. The van der Waals surface area contributed by atoms with Crippen LogP contribution in [0.1, 0.15) is 52.8 Å². The van der Waals surface area contributed by atoms with E-state index in [1.807, 2.05) is 0 Å². The lowest BCUT2D eigenvalue weighted by atomic mass is 9.86. The minimum atomic E-state index is -0.529. The molecule has 8 nitrogen and oxygen atoms in total. The van der Waals surface area contributed by atoms with E-state index in [-0.39, 0.29) is 32.5 Å². The van der Waals surface area contributed by atoms with Crippen molar-refractivity contribution in [1.82, 2.24) is 9.97 Å². The Hall–Kier alpha value is -3.76. The summed E-state index contributed by atoms with van der Waals surface area (Å²) in [5.41, 5.74) is 2.43. The van der Waals surface area contributed by atoms with Crippen molar-refractivity contribution in [2.75, 3.05) is 9.80 Å². The number of nitrogens with zero attached hydrogens (tertiary/aromatic N) is 4. The molecule has 2 aromatic carbocycles. The number of amides is 4. The minimum absolute atomic E-state index is 0.257. The van der Waals surface area contributed by atoms with Gasteiger partial charge < -0.3 is 0 Å². The summed E-state index contributed by atoms with van der Waals surface area (Å²) in [4.78, 5) is 63.8. The first kappa shape index (κ1) is 19.0. The molecule has 0 aliphatic carbocycles. The Morgan fingerprint density at radius 3 is 1.16 bits per heavy atom. The monoisotopic (exact) mass is 460 g/mol. The molecule has 4 aromatic rings. The number of hydrogen-bond acceptors (Lipinski definition) is 8. The molecule has 4 amide bonds. The lowest BCUT2D eigenvalue weighted by molar-refractivity contribution is 0.0873. The van der Waals surface area contributed by atoms with Crippen molar-refractivity contribution in [3.05, 3.63) is 68.7 Å². The Labute approximate surface area is 188 Å². The summed E-state index contributed by atoms with van der Waals surface area (Å²) >= 11 is 2.41. The molecule has 2 aliphatic heterocycles. The molecule has 0 spiro atoms. The molecule has 2 aliphatic rings. The standard InChI is InChI=1S/C22H12N4O4S2/c1-9-7-31-21(23-9)25-17(27)11-3-5-13-16-14(6-4-12(15(11)16)18(25)28)20(30)26(19(13)29)22-24-10(2)8-32-22/h3-8H,1-2H3. The van der Waals surface area contributed by atoms with E-state index in [0.717, 1.165) is 9.80 Å². The Bertz CT molecular complexity index is 1370. The van der Waals surface area contributed by atoms with Gasteiger partial charge in [0.25, 0.3) is 23.6 Å². The molecular weight excluding hydrogens is 448 g/mol. The SMILES string of the molecule is Cc1csc(N2C(=O)c3ccc4c5c(ccc(c35)C2=O)C(=O)N(c2nc(C)cs2)C4=O)n1. The average Bonchev–Trinajstić information content (AvgIpc) is 3.39. The Balaban J connectivity index is 1.59. The molecule has 32 heavy (non-hydrogen) atoms. The number of carbonyl (C=O) groups excluding carboxylic acids is 4. The van der Waals surface area contributed by atoms with Crippen molar-refractivity contribution < 1.29 is 19.2 Å². The van der Waals surface area contributed by atoms with Crippen LogP contribution in [0.5, 0.6) is 0 Å². The van der Waals surface area contributed by atoms with Gasteiger partial charge in [0.05, 0.1) is 11.4 Å². The van der Waals surface area contributed by atoms with Gasteiger partial charge in [0.1, 0.15) is 0 Å². The fourth-order valence-corrected chi connectivity index (χ4v) is 5.70. The van der Waals surface area contributed by atoms with E-state index in [9.17, 15) is 19.2 Å². The van der Waals surface area contributed by atoms with E-state index < -0.39 is 23.6 Å². The van der Waals surface area contributed by atoms with Crippen LogP contribution in [0.4, 0.5) is 10.3 Å². The summed E-state index contributed by atoms with van der Waals surface area (Å²) < 4.78 is 0. The normalized spacial score (nSPS) is 15.3. The first-order valence-electron chi connectivity index (χ1n) is 9.58. The number of carbonyl (C=O) groups is 4. The molecule has 0 bridgehead atoms. The highest BCUT2D eigenvalue weighted by molar-refractivity contribution is 7.14. The number of imide groups is 2. The number of benzene rings is 2. The lowest BCUT2D eigenvalue weighted by Crippen LogP contribution is -2.43. The molecule has 156 valence electrons. The zero-order valence-corrected chi connectivity index (χ0v) is 18.3. The number of thiazole rings is 2. The molecule has 0 unspecified atom stereocenters. The molecule has 10 heteroatoms. The van der Waals surface area contributed by atoms with E-state index in [1.54, 1.807) is 24.6 Å². The maximum atomic E-state index is 13.3. The van der Waals surface area contributed by atoms with Crippen LogP contribution in [-0.2, 0) is 0 Å². The van der Waals surface area contributed by atoms with Crippen molar-refractivity contribution >= 4 is 67.3 Å². The van der Waals surface area contributed by atoms with Crippen LogP contribution in [0.3, 0.4) is 0 Å². The van der Waals surface area contributed by atoms with E-state index in [0.29, 0.717) is 22.2 Å². The molecule has 0 saturated heterocycles. The van der Waals surface area contributed by atoms with E-state index >= 15 is 0 Å². The highest BCUT2D eigenvalue weighted by Gasteiger charge is 2.41. The topological polar surface area (TPSA) is 101 Å². The number of anilines is 2. The third kappa shape index (κ3) is 2.36. The van der Waals surface area contributed by atoms with E-state index in [1.165, 1.54) is 46.9 Å². The third-order valence-electron chi connectivity index (χ3n) is 5.49. The first-order valence-corrected chi connectivity index (χ1v) is 11.3. The number of hydrogen-bond donors (Lipinski definition) is 0. The number of rotatable bonds is 2. The second kappa shape index (κ2) is 6.38. The van der Waals surface area contributed by atoms with Crippen LogP contribution in [-0.4, -0.2) is 33.6 Å². The van der Waals surface area contributed by atoms with Crippen LogP contribution in [0, 0.1) is 13.8 Å². The second-order valence-corrected chi connectivity index (χ2v) is 9.18. The Morgan fingerprint density at radius 1 is 0.594 bits per heavy atom. The van der Waals surface area contributed by atoms with Gasteiger partial charge in [-0.05, 0) is 38.1 Å². The van der Waals surface area contributed by atoms with Gasteiger partial charge in [-0.2, -0.15) is 0 Å². The quantitative estimate of drug-likeness (QED) is 0.420. The van der Waals surface area contributed by atoms with Crippen molar-refractivity contribution in [3.8, 4) is 0 Å². The molecule has 2 aromatic heterocycles. The summed E-state index contributed by atoms with van der Waals surface area (Å²) in [6.45, 7) is 3.57. The molecule has 0 N–H and O–H groups in total. The fourth-order valence-electron chi connectivity index (χ4n) is 4.11. The highest BCUT2D eigenvalue weighted by atomic mass is 32.1. The lowest BCUT2D eigenvalue weighted by Gasteiger charge is -2.30. The molecule has 0 radical (unpaired) electrons. The predicted octanol–water partition coefficient (Wildman–Crippen LogP) is 3.97. The average molecular weight is 460 g/mol. The Kier molecular flexibility index (Phi) is 3.78. The van der Waals surface area contributed by atoms with Gasteiger partial charge in [-0.25, -0.2) is 19.8 Å². The second-order valence-electron chi connectivity index (χ2n) is 7.51.